The maximum atomic E-state index is 12.4. The number of ether oxygens (including phenoxy) is 5. The predicted octanol–water partition coefficient (Wildman–Crippen LogP) is 3.05. The van der Waals surface area contributed by atoms with E-state index in [0.29, 0.717) is 48.5 Å². The van der Waals surface area contributed by atoms with E-state index < -0.39 is 18.0 Å². The molecule has 1 amide bonds. The molecule has 1 atom stereocenters. The van der Waals surface area contributed by atoms with Gasteiger partial charge >= 0.3 is 5.97 Å². The van der Waals surface area contributed by atoms with Gasteiger partial charge in [0.1, 0.15) is 13.2 Å². The molecule has 8 heteroatoms. The smallest absolute Gasteiger partial charge is 0.339 e. The van der Waals surface area contributed by atoms with Crippen molar-refractivity contribution in [2.24, 2.45) is 0 Å². The molecule has 0 aromatic heterocycles. The van der Waals surface area contributed by atoms with Crippen LogP contribution in [0.3, 0.4) is 0 Å². The second-order valence-electron chi connectivity index (χ2n) is 6.19. The van der Waals surface area contributed by atoms with Gasteiger partial charge in [-0.25, -0.2) is 4.79 Å². The van der Waals surface area contributed by atoms with Crippen LogP contribution in [0.25, 0.3) is 0 Å². The monoisotopic (exact) mass is 401 g/mol. The maximum Gasteiger partial charge on any atom is 0.339 e. The van der Waals surface area contributed by atoms with Crippen molar-refractivity contribution in [3.05, 3.63) is 42.0 Å². The number of nitrogens with one attached hydrogen (secondary N) is 1. The first kappa shape index (κ1) is 20.3. The Morgan fingerprint density at radius 3 is 2.55 bits per heavy atom. The molecule has 0 fully saturated rings. The van der Waals surface area contributed by atoms with Gasteiger partial charge in [-0.1, -0.05) is 0 Å². The van der Waals surface area contributed by atoms with E-state index in [1.807, 2.05) is 6.92 Å². The number of rotatable bonds is 7. The molecule has 1 heterocycles. The molecule has 1 aliphatic heterocycles. The van der Waals surface area contributed by atoms with E-state index in [0.717, 1.165) is 0 Å². The lowest BCUT2D eigenvalue weighted by atomic mass is 10.2. The Morgan fingerprint density at radius 1 is 1.07 bits per heavy atom. The summed E-state index contributed by atoms with van der Waals surface area (Å²) in [4.78, 5) is 24.8. The Hall–Kier alpha value is -3.42. The van der Waals surface area contributed by atoms with Gasteiger partial charge < -0.3 is 29.0 Å². The average Bonchev–Trinajstić information content (AvgIpc) is 2.74. The van der Waals surface area contributed by atoms with Gasteiger partial charge in [-0.05, 0) is 44.2 Å². The molecule has 2 aromatic carbocycles. The number of carbonyl (C=O) groups excluding carboxylic acids is 2. The van der Waals surface area contributed by atoms with E-state index in [1.54, 1.807) is 30.3 Å². The van der Waals surface area contributed by atoms with Gasteiger partial charge in [-0.15, -0.1) is 0 Å². The molecule has 0 saturated heterocycles. The number of carbonyl (C=O) groups is 2. The zero-order valence-corrected chi connectivity index (χ0v) is 16.5. The van der Waals surface area contributed by atoms with Crippen LogP contribution in [0.15, 0.2) is 36.4 Å². The Morgan fingerprint density at radius 2 is 1.83 bits per heavy atom. The fraction of sp³-hybridized carbons (Fsp3) is 0.333. The molecule has 0 spiro atoms. The molecule has 8 nitrogen and oxygen atoms in total. The number of esters is 1. The van der Waals surface area contributed by atoms with Gasteiger partial charge in [-0.3, -0.25) is 4.79 Å². The van der Waals surface area contributed by atoms with Crippen LogP contribution in [0.4, 0.5) is 5.69 Å². The van der Waals surface area contributed by atoms with Gasteiger partial charge in [0.2, 0.25) is 0 Å². The first-order valence-corrected chi connectivity index (χ1v) is 9.24. The lowest BCUT2D eigenvalue weighted by molar-refractivity contribution is -0.123. The van der Waals surface area contributed by atoms with E-state index in [2.05, 4.69) is 5.32 Å². The Labute approximate surface area is 168 Å². The van der Waals surface area contributed by atoms with E-state index in [9.17, 15) is 9.59 Å². The largest absolute Gasteiger partial charge is 0.493 e. The molecule has 0 radical (unpaired) electrons. The molecule has 3 rings (SSSR count). The molecule has 2 aromatic rings. The summed E-state index contributed by atoms with van der Waals surface area (Å²) >= 11 is 0. The van der Waals surface area contributed by atoms with Gasteiger partial charge in [0, 0.05) is 11.8 Å². The first-order chi connectivity index (χ1) is 14.0. The molecular weight excluding hydrogens is 378 g/mol. The quantitative estimate of drug-likeness (QED) is 0.713. The van der Waals surface area contributed by atoms with Crippen LogP contribution in [0, 0.1) is 0 Å². The number of amides is 1. The van der Waals surface area contributed by atoms with Gasteiger partial charge in [0.05, 0.1) is 19.3 Å². The Balaban J connectivity index is 1.62. The topological polar surface area (TPSA) is 92.3 Å². The number of hydrogen-bond donors (Lipinski definition) is 1. The molecule has 0 bridgehead atoms. The van der Waals surface area contributed by atoms with Crippen molar-refractivity contribution in [1.82, 2.24) is 0 Å². The second kappa shape index (κ2) is 9.18. The molecule has 154 valence electrons. The highest BCUT2D eigenvalue weighted by molar-refractivity contribution is 5.97. The molecule has 29 heavy (non-hydrogen) atoms. The van der Waals surface area contributed by atoms with Crippen LogP contribution < -0.4 is 24.3 Å². The molecule has 1 N–H and O–H groups in total. The van der Waals surface area contributed by atoms with Crippen LogP contribution in [0.5, 0.6) is 23.0 Å². The van der Waals surface area contributed by atoms with Crippen molar-refractivity contribution in [2.75, 3.05) is 32.2 Å². The van der Waals surface area contributed by atoms with E-state index in [-0.39, 0.29) is 5.56 Å². The normalized spacial score (nSPS) is 13.2. The highest BCUT2D eigenvalue weighted by Gasteiger charge is 2.21. The van der Waals surface area contributed by atoms with Crippen molar-refractivity contribution < 1.29 is 33.3 Å². The SMILES string of the molecule is CCOc1ccc(C(=O)O[C@@H](C)C(=O)Nc2ccc3c(c2)OCCO3)cc1OC. The van der Waals surface area contributed by atoms with Crippen molar-refractivity contribution in [2.45, 2.75) is 20.0 Å². The lowest BCUT2D eigenvalue weighted by Crippen LogP contribution is -2.30. The zero-order valence-electron chi connectivity index (χ0n) is 16.5. The Bertz CT molecular complexity index is 897. The third kappa shape index (κ3) is 4.90. The summed E-state index contributed by atoms with van der Waals surface area (Å²) < 4.78 is 26.9. The highest BCUT2D eigenvalue weighted by Crippen LogP contribution is 2.32. The first-order valence-electron chi connectivity index (χ1n) is 9.24. The van der Waals surface area contributed by atoms with Gasteiger partial charge in [0.25, 0.3) is 5.91 Å². The standard InChI is InChI=1S/C21H23NO7/c1-4-26-16-7-5-14(11-18(16)25-3)21(24)29-13(2)20(23)22-15-6-8-17-19(12-15)28-10-9-27-17/h5-8,11-13H,4,9-10H2,1-3H3,(H,22,23)/t13-/m0/s1. The minimum Gasteiger partial charge on any atom is -0.493 e. The van der Waals surface area contributed by atoms with Crippen molar-refractivity contribution in [3.8, 4) is 23.0 Å². The summed E-state index contributed by atoms with van der Waals surface area (Å²) in [5.74, 6) is 1.01. The maximum absolute atomic E-state index is 12.4. The summed E-state index contributed by atoms with van der Waals surface area (Å²) in [5.41, 5.74) is 0.772. The van der Waals surface area contributed by atoms with E-state index >= 15 is 0 Å². The van der Waals surface area contributed by atoms with Crippen LogP contribution >= 0.6 is 0 Å². The van der Waals surface area contributed by atoms with E-state index in [4.69, 9.17) is 23.7 Å². The van der Waals surface area contributed by atoms with Crippen LogP contribution in [-0.4, -0.2) is 44.9 Å². The fourth-order valence-corrected chi connectivity index (χ4v) is 2.72. The molecular formula is C21H23NO7. The predicted molar refractivity (Wildman–Crippen MR) is 105 cm³/mol. The lowest BCUT2D eigenvalue weighted by Gasteiger charge is -2.19. The summed E-state index contributed by atoms with van der Waals surface area (Å²) in [5, 5.41) is 2.70. The number of methoxy groups -OCH3 is 1. The second-order valence-corrected chi connectivity index (χ2v) is 6.19. The van der Waals surface area contributed by atoms with Crippen LogP contribution in [0.1, 0.15) is 24.2 Å². The van der Waals surface area contributed by atoms with Crippen molar-refractivity contribution >= 4 is 17.6 Å². The number of benzene rings is 2. The third-order valence-corrected chi connectivity index (χ3v) is 4.16. The van der Waals surface area contributed by atoms with E-state index in [1.165, 1.54) is 20.1 Å². The fourth-order valence-electron chi connectivity index (χ4n) is 2.72. The summed E-state index contributed by atoms with van der Waals surface area (Å²) in [7, 11) is 1.48. The number of anilines is 1. The summed E-state index contributed by atoms with van der Waals surface area (Å²) in [6, 6.07) is 9.77. The van der Waals surface area contributed by atoms with Crippen LogP contribution in [0.2, 0.25) is 0 Å². The molecule has 0 aliphatic carbocycles. The van der Waals surface area contributed by atoms with Crippen LogP contribution in [-0.2, 0) is 9.53 Å². The minimum absolute atomic E-state index is 0.254. The van der Waals surface area contributed by atoms with Gasteiger partial charge in [-0.2, -0.15) is 0 Å². The number of fused-ring (bicyclic) bond motifs is 1. The average molecular weight is 401 g/mol. The summed E-state index contributed by atoms with van der Waals surface area (Å²) in [6.07, 6.45) is -1.01. The molecule has 0 saturated carbocycles. The minimum atomic E-state index is -1.01. The third-order valence-electron chi connectivity index (χ3n) is 4.16. The van der Waals surface area contributed by atoms with Crippen molar-refractivity contribution in [3.63, 3.8) is 0 Å². The highest BCUT2D eigenvalue weighted by atomic mass is 16.6. The number of hydrogen-bond acceptors (Lipinski definition) is 7. The molecule has 0 unspecified atom stereocenters. The summed E-state index contributed by atoms with van der Waals surface area (Å²) in [6.45, 7) is 4.75. The molecule has 1 aliphatic rings. The van der Waals surface area contributed by atoms with Gasteiger partial charge in [0.15, 0.2) is 29.1 Å². The zero-order chi connectivity index (χ0) is 20.8. The van der Waals surface area contributed by atoms with Crippen molar-refractivity contribution in [1.29, 1.82) is 0 Å². The Kier molecular flexibility index (Phi) is 6.43.